The first-order valence-corrected chi connectivity index (χ1v) is 12.1. The smallest absolute Gasteiger partial charge is 0.342 e. The molecule has 1 aliphatic rings. The highest BCUT2D eigenvalue weighted by Crippen LogP contribution is 2.41. The lowest BCUT2D eigenvalue weighted by atomic mass is 9.86. The van der Waals surface area contributed by atoms with Crippen LogP contribution in [-0.4, -0.2) is 41.3 Å². The first-order chi connectivity index (χ1) is 15.5. The topological polar surface area (TPSA) is 94.5 Å². The van der Waals surface area contributed by atoms with Gasteiger partial charge < -0.3 is 23.8 Å². The van der Waals surface area contributed by atoms with Gasteiger partial charge in [-0.2, -0.15) is 5.26 Å². The Morgan fingerprint density at radius 2 is 2.09 bits per heavy atom. The van der Waals surface area contributed by atoms with E-state index in [4.69, 9.17) is 30.6 Å². The zero-order valence-corrected chi connectivity index (χ0v) is 21.0. The summed E-state index contributed by atoms with van der Waals surface area (Å²) >= 11 is 6.00. The molecule has 0 heterocycles. The van der Waals surface area contributed by atoms with Gasteiger partial charge >= 0.3 is 5.97 Å². The van der Waals surface area contributed by atoms with Gasteiger partial charge in [-0.1, -0.05) is 29.8 Å². The molecule has 0 saturated heterocycles. The predicted octanol–water partition coefficient (Wildman–Crippen LogP) is 4.98. The molecule has 0 aromatic heterocycles. The third-order valence-corrected chi connectivity index (χ3v) is 6.81. The van der Waals surface area contributed by atoms with Gasteiger partial charge in [0.15, 0.2) is 0 Å². The second-order valence-electron chi connectivity index (χ2n) is 7.97. The summed E-state index contributed by atoms with van der Waals surface area (Å²) in [5.74, 6) is 0.334. The maximum Gasteiger partial charge on any atom is 0.342 e. The summed E-state index contributed by atoms with van der Waals surface area (Å²) in [6.07, 6.45) is 7.84. The van der Waals surface area contributed by atoms with E-state index in [0.29, 0.717) is 36.6 Å². The van der Waals surface area contributed by atoms with E-state index in [1.54, 1.807) is 12.1 Å². The average Bonchev–Trinajstić information content (AvgIpc) is 3.10. The molecule has 32 heavy (non-hydrogen) atoms. The van der Waals surface area contributed by atoms with E-state index in [1.807, 2.05) is 24.3 Å². The Morgan fingerprint density at radius 3 is 2.78 bits per heavy atom. The minimum atomic E-state index is -0.629. The van der Waals surface area contributed by atoms with Crippen LogP contribution in [0.2, 0.25) is 5.02 Å². The van der Waals surface area contributed by atoms with Crippen LogP contribution in [0.1, 0.15) is 44.9 Å². The molecule has 1 aromatic carbocycles. The zero-order valence-electron chi connectivity index (χ0n) is 18.0. The normalized spacial score (nSPS) is 24.0. The zero-order chi connectivity index (χ0) is 23.3. The van der Waals surface area contributed by atoms with Crippen LogP contribution < -0.4 is 4.74 Å². The van der Waals surface area contributed by atoms with Gasteiger partial charge in [-0.05, 0) is 62.1 Å². The number of rotatable bonds is 14. The second-order valence-corrected chi connectivity index (χ2v) is 8.95. The van der Waals surface area contributed by atoms with Crippen LogP contribution in [0.25, 0.3) is 0 Å². The van der Waals surface area contributed by atoms with Crippen molar-refractivity contribution in [3.8, 4) is 5.75 Å². The van der Waals surface area contributed by atoms with Gasteiger partial charge in [0.2, 0.25) is 0 Å². The maximum atomic E-state index is 10.9. The molecule has 1 saturated carbocycles. The van der Waals surface area contributed by atoms with Crippen LogP contribution in [-0.2, 0) is 18.7 Å². The molecule has 1 aromatic rings. The van der Waals surface area contributed by atoms with Crippen molar-refractivity contribution in [2.45, 2.75) is 63.3 Å². The van der Waals surface area contributed by atoms with Crippen LogP contribution in [0.4, 0.5) is 0 Å². The van der Waals surface area contributed by atoms with Crippen molar-refractivity contribution in [2.24, 2.45) is 11.8 Å². The predicted molar refractivity (Wildman–Crippen MR) is 129 cm³/mol. The van der Waals surface area contributed by atoms with E-state index in [-0.39, 0.29) is 30.5 Å². The first kappa shape index (κ1) is 27.5. The van der Waals surface area contributed by atoms with Crippen LogP contribution in [0.5, 0.6) is 5.75 Å². The average molecular weight is 507 g/mol. The molecule has 0 amide bonds. The molecule has 7 nitrogen and oxygen atoms in total. The Bertz CT molecular complexity index is 721. The number of carbonyl (C=O) groups is 1. The number of benzene rings is 1. The summed E-state index contributed by atoms with van der Waals surface area (Å²) in [6, 6.07) is 7.25. The summed E-state index contributed by atoms with van der Waals surface area (Å²) in [7, 11) is 4.63. The lowest BCUT2D eigenvalue weighted by molar-refractivity contribution is -0.234. The molecule has 5 unspecified atom stereocenters. The quantitative estimate of drug-likeness (QED) is 0.121. The van der Waals surface area contributed by atoms with Gasteiger partial charge in [0.25, 0.3) is 0 Å². The Morgan fingerprint density at radius 1 is 1.28 bits per heavy atom. The largest absolute Gasteiger partial charge is 0.491 e. The van der Waals surface area contributed by atoms with E-state index >= 15 is 0 Å². The minimum absolute atomic E-state index is 0.0354. The van der Waals surface area contributed by atoms with Crippen molar-refractivity contribution >= 4 is 36.5 Å². The fourth-order valence-corrected chi connectivity index (χ4v) is 4.84. The molecule has 2 N–H and O–H groups in total. The summed E-state index contributed by atoms with van der Waals surface area (Å²) in [5, 5.41) is 19.5. The monoisotopic (exact) mass is 506 g/mol. The maximum absolute atomic E-state index is 10.9. The summed E-state index contributed by atoms with van der Waals surface area (Å²) in [4.78, 5) is 14.6. The van der Waals surface area contributed by atoms with E-state index in [1.165, 1.54) is 0 Å². The lowest BCUT2D eigenvalue weighted by Gasteiger charge is -2.26. The molecule has 0 spiro atoms. The number of hydrogen-bond donors (Lipinski definition) is 2. The highest BCUT2D eigenvalue weighted by Gasteiger charge is 2.42. The number of halogens is 1. The molecule has 7 atom stereocenters. The van der Waals surface area contributed by atoms with Crippen molar-refractivity contribution < 1.29 is 33.8 Å². The van der Waals surface area contributed by atoms with Crippen LogP contribution in [0, 0.1) is 11.8 Å². The third kappa shape index (κ3) is 9.23. The van der Waals surface area contributed by atoms with Crippen molar-refractivity contribution in [3.05, 3.63) is 41.4 Å². The number of allylic oxidation sites excluding steroid dienone is 2. The van der Waals surface area contributed by atoms with Gasteiger partial charge in [-0.25, -0.2) is 4.79 Å². The number of carbonyl (C=O) groups excluding carboxylic acids is 1. The molecule has 1 aliphatic carbocycles. The molecule has 180 valence electrons. The number of aliphatic hydroxyl groups is 1. The van der Waals surface area contributed by atoms with Crippen molar-refractivity contribution in [3.63, 3.8) is 0 Å². The van der Waals surface area contributed by atoms with E-state index < -0.39 is 12.1 Å². The molecule has 0 aliphatic heterocycles. The lowest BCUT2D eigenvalue weighted by Crippen LogP contribution is -2.26. The van der Waals surface area contributed by atoms with E-state index in [0.717, 1.165) is 19.3 Å². The fraction of sp³-hybridized carbons (Fsp3) is 0.591. The Hall–Kier alpha value is -0.780. The number of hydrogen-bond acceptors (Lipinski definition) is 7. The van der Waals surface area contributed by atoms with Crippen molar-refractivity contribution in [2.75, 3.05) is 6.61 Å². The molecule has 2 rings (SSSR count). The van der Waals surface area contributed by atoms with Gasteiger partial charge in [-0.15, -0.1) is 0 Å². The Balaban J connectivity index is 1.84. The second kappa shape index (κ2) is 15.2. The SMILES string of the molecule is O=C(CCC/C=C\C[C@H]1C(O)CC(OP)[C@@H]1CCC(COc1cccc(Cl)c1)OP)OO. The first-order valence-electron chi connectivity index (χ1n) is 10.7. The van der Waals surface area contributed by atoms with Crippen LogP contribution in [0.15, 0.2) is 36.4 Å². The van der Waals surface area contributed by atoms with Gasteiger partial charge in [0.05, 0.1) is 18.3 Å². The molecule has 0 bridgehead atoms. The molecular formula is C22H33ClO7P2. The fourth-order valence-electron chi connectivity index (χ4n) is 4.13. The summed E-state index contributed by atoms with van der Waals surface area (Å²) in [5.41, 5.74) is 0. The number of ether oxygens (including phenoxy) is 1. The highest BCUT2D eigenvalue weighted by molar-refractivity contribution is 7.10. The Kier molecular flexibility index (Phi) is 13.0. The molecule has 0 radical (unpaired) electrons. The van der Waals surface area contributed by atoms with Crippen LogP contribution in [0.3, 0.4) is 0 Å². The van der Waals surface area contributed by atoms with E-state index in [2.05, 4.69) is 23.8 Å². The summed E-state index contributed by atoms with van der Waals surface area (Å²) < 4.78 is 16.9. The molecular weight excluding hydrogens is 474 g/mol. The van der Waals surface area contributed by atoms with Gasteiger partial charge in [0.1, 0.15) is 12.4 Å². The highest BCUT2D eigenvalue weighted by atomic mass is 35.5. The minimum Gasteiger partial charge on any atom is -0.491 e. The van der Waals surface area contributed by atoms with Crippen molar-refractivity contribution in [1.29, 1.82) is 0 Å². The van der Waals surface area contributed by atoms with Crippen molar-refractivity contribution in [1.82, 2.24) is 0 Å². The molecule has 1 fully saturated rings. The number of unbranched alkanes of at least 4 members (excludes halogenated alkanes) is 1. The third-order valence-electron chi connectivity index (χ3n) is 5.85. The standard InChI is InChI=1S/C22H33ClO7P2/c23-15-6-5-7-16(12-15)27-14-17(29-31)10-11-19-18(20(24)13-21(19)30-32)8-3-1-2-4-9-22(25)28-26/h1,3,5-7,12,17-21,24,26H,2,4,8-11,13-14,31-32H2/b3-1-/t17?,18-,19-,20?,21?/m1/s1. The number of aliphatic hydroxyl groups excluding tert-OH is 1. The summed E-state index contributed by atoms with van der Waals surface area (Å²) in [6.45, 7) is 0.395. The van der Waals surface area contributed by atoms with Crippen LogP contribution >= 0.6 is 30.5 Å². The van der Waals surface area contributed by atoms with Gasteiger partial charge in [-0.3, -0.25) is 0 Å². The van der Waals surface area contributed by atoms with E-state index in [9.17, 15) is 9.90 Å². The van der Waals surface area contributed by atoms with Gasteiger partial charge in [0, 0.05) is 36.8 Å². The Labute approximate surface area is 199 Å². The molecule has 10 heteroatoms.